The minimum atomic E-state index is 0.427. The predicted molar refractivity (Wildman–Crippen MR) is 114 cm³/mol. The normalized spacial score (nSPS) is 11.5. The highest BCUT2D eigenvalue weighted by Gasteiger charge is 2.07. The van der Waals surface area contributed by atoms with Crippen molar-refractivity contribution in [3.63, 3.8) is 0 Å². The van der Waals surface area contributed by atoms with E-state index in [0.717, 1.165) is 45.6 Å². The number of hydrogen-bond acceptors (Lipinski definition) is 4. The zero-order chi connectivity index (χ0) is 18.2. The first kappa shape index (κ1) is 19.1. The molecule has 0 aliphatic heterocycles. The topological polar surface area (TPSA) is 50.9 Å². The van der Waals surface area contributed by atoms with Gasteiger partial charge in [-0.3, -0.25) is 0 Å². The van der Waals surface area contributed by atoms with E-state index in [1.807, 2.05) is 37.4 Å². The molecule has 4 heteroatoms. The summed E-state index contributed by atoms with van der Waals surface area (Å²) < 4.78 is 0. The van der Waals surface area contributed by atoms with Gasteiger partial charge in [-0.15, -0.1) is 0 Å². The van der Waals surface area contributed by atoms with Crippen LogP contribution in [0.1, 0.15) is 27.2 Å². The van der Waals surface area contributed by atoms with E-state index in [1.165, 1.54) is 0 Å². The second-order valence-electron chi connectivity index (χ2n) is 5.95. The Kier molecular flexibility index (Phi) is 7.14. The lowest BCUT2D eigenvalue weighted by molar-refractivity contribution is 0.759. The van der Waals surface area contributed by atoms with Crippen LogP contribution >= 0.6 is 12.6 Å². The number of pyridine rings is 1. The molecule has 2 aromatic carbocycles. The number of hydrogen-bond donors (Lipinski definition) is 3. The van der Waals surface area contributed by atoms with Gasteiger partial charge in [0.25, 0.3) is 0 Å². The molecular weight excluding hydrogens is 326 g/mol. The van der Waals surface area contributed by atoms with Gasteiger partial charge in [-0.1, -0.05) is 44.2 Å². The number of benzene rings is 2. The number of nitrogens with zero attached hydrogens (tertiary/aromatic N) is 1. The molecule has 0 amide bonds. The number of aromatic nitrogens is 1. The molecule has 0 spiro atoms. The summed E-state index contributed by atoms with van der Waals surface area (Å²) in [5.41, 5.74) is 9.14. The molecular formula is C21H27N3S. The molecule has 3 N–H and O–H groups in total. The lowest BCUT2D eigenvalue weighted by atomic mass is 9.98. The minimum Gasteiger partial charge on any atom is -0.398 e. The van der Waals surface area contributed by atoms with E-state index in [0.29, 0.717) is 6.04 Å². The fourth-order valence-corrected chi connectivity index (χ4v) is 2.57. The highest BCUT2D eigenvalue weighted by atomic mass is 32.1. The van der Waals surface area contributed by atoms with Crippen LogP contribution in [0.15, 0.2) is 54.7 Å². The molecule has 3 rings (SSSR count). The molecule has 1 atom stereocenters. The SMILES string of the molecule is CCC(C)Nc1ccc(-c2ccc(N)c3ccccc23)cn1.CCS. The van der Waals surface area contributed by atoms with Gasteiger partial charge >= 0.3 is 0 Å². The smallest absolute Gasteiger partial charge is 0.126 e. The number of fused-ring (bicyclic) bond motifs is 1. The van der Waals surface area contributed by atoms with Gasteiger partial charge < -0.3 is 11.1 Å². The van der Waals surface area contributed by atoms with E-state index < -0.39 is 0 Å². The summed E-state index contributed by atoms with van der Waals surface area (Å²) in [5.74, 6) is 1.86. The van der Waals surface area contributed by atoms with Gasteiger partial charge in [0.15, 0.2) is 0 Å². The van der Waals surface area contributed by atoms with Crippen molar-refractivity contribution in [2.45, 2.75) is 33.2 Å². The summed E-state index contributed by atoms with van der Waals surface area (Å²) >= 11 is 3.79. The van der Waals surface area contributed by atoms with Crippen LogP contribution in [0.5, 0.6) is 0 Å². The molecule has 0 saturated carbocycles. The zero-order valence-electron chi connectivity index (χ0n) is 15.2. The van der Waals surface area contributed by atoms with Crippen LogP contribution in [0.4, 0.5) is 11.5 Å². The van der Waals surface area contributed by atoms with Crippen molar-refractivity contribution in [3.8, 4) is 11.1 Å². The molecule has 0 radical (unpaired) electrons. The summed E-state index contributed by atoms with van der Waals surface area (Å²) in [6.45, 7) is 6.30. The van der Waals surface area contributed by atoms with Crippen molar-refractivity contribution < 1.29 is 0 Å². The Balaban J connectivity index is 0.000000701. The quantitative estimate of drug-likeness (QED) is 0.421. The molecule has 0 fully saturated rings. The van der Waals surface area contributed by atoms with E-state index in [1.54, 1.807) is 0 Å². The van der Waals surface area contributed by atoms with Crippen LogP contribution < -0.4 is 11.1 Å². The number of nitrogens with one attached hydrogen (secondary N) is 1. The highest BCUT2D eigenvalue weighted by molar-refractivity contribution is 7.80. The zero-order valence-corrected chi connectivity index (χ0v) is 16.1. The van der Waals surface area contributed by atoms with Gasteiger partial charge in [0.05, 0.1) is 0 Å². The average molecular weight is 354 g/mol. The fraction of sp³-hybridized carbons (Fsp3) is 0.286. The maximum absolute atomic E-state index is 6.07. The predicted octanol–water partition coefficient (Wildman–Crippen LogP) is 5.63. The molecule has 0 aliphatic rings. The summed E-state index contributed by atoms with van der Waals surface area (Å²) in [5, 5.41) is 5.63. The molecule has 0 bridgehead atoms. The Morgan fingerprint density at radius 3 is 2.32 bits per heavy atom. The van der Waals surface area contributed by atoms with E-state index in [9.17, 15) is 0 Å². The van der Waals surface area contributed by atoms with Crippen molar-refractivity contribution in [2.75, 3.05) is 16.8 Å². The maximum Gasteiger partial charge on any atom is 0.126 e. The first-order valence-corrected chi connectivity index (χ1v) is 9.35. The average Bonchev–Trinajstić information content (AvgIpc) is 2.64. The summed E-state index contributed by atoms with van der Waals surface area (Å²) in [6.07, 6.45) is 2.99. The number of nitrogen functional groups attached to an aromatic ring is 1. The van der Waals surface area contributed by atoms with Crippen molar-refractivity contribution >= 4 is 34.9 Å². The molecule has 1 heterocycles. The molecule has 0 saturated heterocycles. The van der Waals surface area contributed by atoms with Gasteiger partial charge in [-0.05, 0) is 48.2 Å². The van der Waals surface area contributed by atoms with Crippen LogP contribution in [-0.4, -0.2) is 16.8 Å². The molecule has 0 aliphatic carbocycles. The Morgan fingerprint density at radius 1 is 1.04 bits per heavy atom. The molecule has 132 valence electrons. The third kappa shape index (κ3) is 4.89. The summed E-state index contributed by atoms with van der Waals surface area (Å²) in [4.78, 5) is 4.53. The van der Waals surface area contributed by atoms with E-state index in [-0.39, 0.29) is 0 Å². The van der Waals surface area contributed by atoms with Crippen LogP contribution in [0, 0.1) is 0 Å². The second kappa shape index (κ2) is 9.33. The van der Waals surface area contributed by atoms with Crippen molar-refractivity contribution in [1.82, 2.24) is 4.98 Å². The molecule has 3 aromatic rings. The van der Waals surface area contributed by atoms with Crippen LogP contribution in [-0.2, 0) is 0 Å². The number of thiol groups is 1. The van der Waals surface area contributed by atoms with Crippen LogP contribution in [0.2, 0.25) is 0 Å². The van der Waals surface area contributed by atoms with Gasteiger partial charge in [-0.25, -0.2) is 4.98 Å². The number of anilines is 2. The first-order valence-electron chi connectivity index (χ1n) is 8.71. The lowest BCUT2D eigenvalue weighted by Crippen LogP contribution is -2.14. The van der Waals surface area contributed by atoms with Crippen LogP contribution in [0.25, 0.3) is 21.9 Å². The van der Waals surface area contributed by atoms with Crippen molar-refractivity contribution in [1.29, 1.82) is 0 Å². The van der Waals surface area contributed by atoms with Gasteiger partial charge in [0.2, 0.25) is 0 Å². The summed E-state index contributed by atoms with van der Waals surface area (Å²) in [6, 6.07) is 16.8. The molecule has 3 nitrogen and oxygen atoms in total. The Morgan fingerprint density at radius 2 is 1.72 bits per heavy atom. The molecule has 25 heavy (non-hydrogen) atoms. The lowest BCUT2D eigenvalue weighted by Gasteiger charge is -2.13. The van der Waals surface area contributed by atoms with Gasteiger partial charge in [0, 0.05) is 28.9 Å². The standard InChI is InChI=1S/C19H21N3.C2H6S/c1-3-13(2)22-19-11-8-14(12-21-19)15-9-10-18(20)17-7-5-4-6-16(15)17;1-2-3/h4-13H,3,20H2,1-2H3,(H,21,22);3H,2H2,1H3. The second-order valence-corrected chi connectivity index (χ2v) is 6.58. The largest absolute Gasteiger partial charge is 0.398 e. The van der Waals surface area contributed by atoms with E-state index in [4.69, 9.17) is 5.73 Å². The number of nitrogens with two attached hydrogens (primary N) is 1. The summed E-state index contributed by atoms with van der Waals surface area (Å²) in [7, 11) is 0. The van der Waals surface area contributed by atoms with E-state index >= 15 is 0 Å². The Labute approximate surface area is 156 Å². The van der Waals surface area contributed by atoms with Crippen molar-refractivity contribution in [3.05, 3.63) is 54.7 Å². The van der Waals surface area contributed by atoms with E-state index in [2.05, 4.69) is 61.0 Å². The number of rotatable bonds is 4. The third-order valence-corrected chi connectivity index (χ3v) is 4.04. The minimum absolute atomic E-state index is 0.427. The van der Waals surface area contributed by atoms with Crippen molar-refractivity contribution in [2.24, 2.45) is 0 Å². The monoisotopic (exact) mass is 353 g/mol. The maximum atomic E-state index is 6.07. The Bertz CT molecular complexity index is 800. The Hall–Kier alpha value is -2.20. The first-order chi connectivity index (χ1) is 12.1. The highest BCUT2D eigenvalue weighted by Crippen LogP contribution is 2.31. The molecule has 1 aromatic heterocycles. The van der Waals surface area contributed by atoms with Gasteiger partial charge in [0.1, 0.15) is 5.82 Å². The fourth-order valence-electron chi connectivity index (χ4n) is 2.57. The van der Waals surface area contributed by atoms with Gasteiger partial charge in [-0.2, -0.15) is 12.6 Å². The molecule has 1 unspecified atom stereocenters. The third-order valence-electron chi connectivity index (χ3n) is 4.04. The van der Waals surface area contributed by atoms with Crippen LogP contribution in [0.3, 0.4) is 0 Å².